The maximum Gasteiger partial charge on any atom is 0.159 e. The van der Waals surface area contributed by atoms with Crippen molar-refractivity contribution in [1.29, 1.82) is 0 Å². The summed E-state index contributed by atoms with van der Waals surface area (Å²) >= 11 is 6.44. The molecule has 1 aliphatic heterocycles. The van der Waals surface area contributed by atoms with Crippen molar-refractivity contribution in [1.82, 2.24) is 14.6 Å². The van der Waals surface area contributed by atoms with Crippen LogP contribution in [0.3, 0.4) is 0 Å². The van der Waals surface area contributed by atoms with Gasteiger partial charge < -0.3 is 19.7 Å². The monoisotopic (exact) mass is 415 g/mol. The summed E-state index contributed by atoms with van der Waals surface area (Å²) in [4.78, 5) is 7.17. The van der Waals surface area contributed by atoms with E-state index in [9.17, 15) is 0 Å². The van der Waals surface area contributed by atoms with Crippen LogP contribution in [0.15, 0.2) is 30.5 Å². The molecule has 0 radical (unpaired) electrons. The number of benzene rings is 1. The van der Waals surface area contributed by atoms with E-state index in [0.717, 1.165) is 41.5 Å². The third kappa shape index (κ3) is 3.72. The highest BCUT2D eigenvalue weighted by Crippen LogP contribution is 2.36. The number of aromatic nitrogens is 3. The molecular weight excluding hydrogens is 390 g/mol. The van der Waals surface area contributed by atoms with Crippen LogP contribution in [0.4, 0.5) is 17.3 Å². The molecule has 1 N–H and O–H groups in total. The molecule has 0 unspecified atom stereocenters. The van der Waals surface area contributed by atoms with E-state index < -0.39 is 0 Å². The first kappa shape index (κ1) is 19.8. The molecule has 29 heavy (non-hydrogen) atoms. The van der Waals surface area contributed by atoms with E-state index in [1.54, 1.807) is 26.5 Å². The fourth-order valence-electron chi connectivity index (χ4n) is 4.08. The van der Waals surface area contributed by atoms with Crippen LogP contribution in [0.2, 0.25) is 5.02 Å². The Bertz CT molecular complexity index is 1020. The van der Waals surface area contributed by atoms with Crippen LogP contribution in [0, 0.1) is 12.8 Å². The number of hydrogen-bond acceptors (Lipinski definition) is 6. The number of nitrogens with one attached hydrogen (secondary N) is 1. The van der Waals surface area contributed by atoms with Crippen molar-refractivity contribution in [2.45, 2.75) is 26.3 Å². The Morgan fingerprint density at radius 1 is 1.28 bits per heavy atom. The Morgan fingerprint density at radius 2 is 2.10 bits per heavy atom. The minimum absolute atomic E-state index is 0.306. The smallest absolute Gasteiger partial charge is 0.159 e. The lowest BCUT2D eigenvalue weighted by Gasteiger charge is -2.29. The third-order valence-electron chi connectivity index (χ3n) is 5.42. The van der Waals surface area contributed by atoms with Gasteiger partial charge in [0.25, 0.3) is 0 Å². The molecule has 8 heteroatoms. The highest BCUT2D eigenvalue weighted by Gasteiger charge is 2.33. The lowest BCUT2D eigenvalue weighted by molar-refractivity contribution is 0.179. The average Bonchev–Trinajstić information content (AvgIpc) is 3.30. The maximum atomic E-state index is 6.44. The fraction of sp³-hybridized carbons (Fsp3) is 0.429. The molecule has 1 fully saturated rings. The Balaban J connectivity index is 1.78. The summed E-state index contributed by atoms with van der Waals surface area (Å²) in [5.74, 6) is 3.10. The van der Waals surface area contributed by atoms with Crippen molar-refractivity contribution in [3.63, 3.8) is 0 Å². The van der Waals surface area contributed by atoms with Gasteiger partial charge in [-0.15, -0.1) is 0 Å². The van der Waals surface area contributed by atoms with Gasteiger partial charge in [-0.1, -0.05) is 18.5 Å². The SMILES string of the molecule is COC[C@@H]1C[C@@H](C)CN1c1c(C)c(Nc2ccc(OC)cc2Cl)nc2ccnn12. The van der Waals surface area contributed by atoms with E-state index in [1.165, 1.54) is 0 Å². The molecule has 0 spiro atoms. The second-order valence-electron chi connectivity index (χ2n) is 7.58. The molecule has 3 aromatic rings. The first-order valence-electron chi connectivity index (χ1n) is 9.72. The topological polar surface area (TPSA) is 63.9 Å². The molecule has 1 aromatic carbocycles. The fourth-order valence-corrected chi connectivity index (χ4v) is 4.30. The van der Waals surface area contributed by atoms with Crippen molar-refractivity contribution in [2.75, 3.05) is 37.6 Å². The van der Waals surface area contributed by atoms with Crippen LogP contribution in [-0.4, -0.2) is 48.0 Å². The number of methoxy groups -OCH3 is 2. The zero-order valence-corrected chi connectivity index (χ0v) is 17.9. The summed E-state index contributed by atoms with van der Waals surface area (Å²) in [5.41, 5.74) is 2.58. The minimum Gasteiger partial charge on any atom is -0.497 e. The number of fused-ring (bicyclic) bond motifs is 1. The molecular formula is C21H26ClN5O2. The Kier molecular flexibility index (Phi) is 5.52. The standard InChI is InChI=1S/C21H26ClN5O2/c1-13-9-15(12-28-3)26(11-13)21-14(2)20(25-19-7-8-23-27(19)21)24-18-6-5-16(29-4)10-17(18)22/h5-8,10,13,15H,9,11-12H2,1-4H3,(H,24,25)/t13-,15+/m1/s1. The summed E-state index contributed by atoms with van der Waals surface area (Å²) < 4.78 is 12.6. The van der Waals surface area contributed by atoms with Crippen LogP contribution in [-0.2, 0) is 4.74 Å². The van der Waals surface area contributed by atoms with Gasteiger partial charge in [0, 0.05) is 31.4 Å². The molecule has 1 saturated heterocycles. The number of anilines is 3. The molecule has 3 heterocycles. The zero-order valence-electron chi connectivity index (χ0n) is 17.1. The average molecular weight is 416 g/mol. The number of ether oxygens (including phenoxy) is 2. The van der Waals surface area contributed by atoms with Gasteiger partial charge in [0.1, 0.15) is 17.4 Å². The van der Waals surface area contributed by atoms with E-state index >= 15 is 0 Å². The molecule has 0 bridgehead atoms. The first-order valence-corrected chi connectivity index (χ1v) is 10.1. The molecule has 4 rings (SSSR count). The van der Waals surface area contributed by atoms with Crippen LogP contribution in [0.5, 0.6) is 5.75 Å². The number of nitrogens with zero attached hydrogens (tertiary/aromatic N) is 4. The largest absolute Gasteiger partial charge is 0.497 e. The van der Waals surface area contributed by atoms with Gasteiger partial charge in [-0.25, -0.2) is 4.98 Å². The Morgan fingerprint density at radius 3 is 2.83 bits per heavy atom. The van der Waals surface area contributed by atoms with E-state index in [2.05, 4.69) is 29.2 Å². The van der Waals surface area contributed by atoms with Crippen molar-refractivity contribution in [3.8, 4) is 5.75 Å². The van der Waals surface area contributed by atoms with E-state index in [0.29, 0.717) is 29.3 Å². The lowest BCUT2D eigenvalue weighted by Crippen LogP contribution is -2.35. The molecule has 2 aromatic heterocycles. The van der Waals surface area contributed by atoms with Gasteiger partial charge in [-0.3, -0.25) is 0 Å². The molecule has 2 atom stereocenters. The van der Waals surface area contributed by atoms with Crippen molar-refractivity contribution < 1.29 is 9.47 Å². The molecule has 1 aliphatic rings. The van der Waals surface area contributed by atoms with Crippen LogP contribution in [0.1, 0.15) is 18.9 Å². The van der Waals surface area contributed by atoms with E-state index in [4.69, 9.17) is 26.1 Å². The summed E-state index contributed by atoms with van der Waals surface area (Å²) in [6.07, 6.45) is 2.87. The molecule has 154 valence electrons. The van der Waals surface area contributed by atoms with E-state index in [1.807, 2.05) is 22.7 Å². The predicted octanol–water partition coefficient (Wildman–Crippen LogP) is 4.30. The Labute approximate surface area is 175 Å². The van der Waals surface area contributed by atoms with Crippen LogP contribution < -0.4 is 15.0 Å². The van der Waals surface area contributed by atoms with Crippen LogP contribution >= 0.6 is 11.6 Å². The third-order valence-corrected chi connectivity index (χ3v) is 5.74. The zero-order chi connectivity index (χ0) is 20.5. The number of rotatable bonds is 6. The Hall–Kier alpha value is -2.51. The lowest BCUT2D eigenvalue weighted by atomic mass is 10.1. The molecule has 0 saturated carbocycles. The summed E-state index contributed by atoms with van der Waals surface area (Å²) in [5, 5.41) is 8.51. The second kappa shape index (κ2) is 8.08. The van der Waals surface area contributed by atoms with Gasteiger partial charge in [0.15, 0.2) is 5.65 Å². The van der Waals surface area contributed by atoms with Crippen molar-refractivity contribution in [2.24, 2.45) is 5.92 Å². The number of hydrogen-bond donors (Lipinski definition) is 1. The summed E-state index contributed by atoms with van der Waals surface area (Å²) in [6.45, 7) is 5.98. The molecule has 0 aliphatic carbocycles. The molecule has 7 nitrogen and oxygen atoms in total. The molecule has 0 amide bonds. The summed E-state index contributed by atoms with van der Waals surface area (Å²) in [6, 6.07) is 7.77. The predicted molar refractivity (Wildman–Crippen MR) is 116 cm³/mol. The van der Waals surface area contributed by atoms with Crippen molar-refractivity contribution in [3.05, 3.63) is 41.0 Å². The van der Waals surface area contributed by atoms with Crippen molar-refractivity contribution >= 4 is 34.6 Å². The maximum absolute atomic E-state index is 6.44. The minimum atomic E-state index is 0.306. The highest BCUT2D eigenvalue weighted by atomic mass is 35.5. The van der Waals surface area contributed by atoms with Gasteiger partial charge in [0.05, 0.1) is 36.7 Å². The van der Waals surface area contributed by atoms with Gasteiger partial charge in [-0.05, 0) is 31.4 Å². The van der Waals surface area contributed by atoms with Crippen LogP contribution in [0.25, 0.3) is 5.65 Å². The normalized spacial score (nSPS) is 19.1. The highest BCUT2D eigenvalue weighted by molar-refractivity contribution is 6.33. The van der Waals surface area contributed by atoms with E-state index in [-0.39, 0.29) is 0 Å². The summed E-state index contributed by atoms with van der Waals surface area (Å²) in [7, 11) is 3.38. The van der Waals surface area contributed by atoms with Gasteiger partial charge >= 0.3 is 0 Å². The number of halogens is 1. The second-order valence-corrected chi connectivity index (χ2v) is 7.99. The van der Waals surface area contributed by atoms with Gasteiger partial charge in [-0.2, -0.15) is 9.61 Å². The van der Waals surface area contributed by atoms with Gasteiger partial charge in [0.2, 0.25) is 0 Å². The first-order chi connectivity index (χ1) is 14.0. The quantitative estimate of drug-likeness (QED) is 0.647.